The van der Waals surface area contributed by atoms with E-state index in [2.05, 4.69) is 26.3 Å². The summed E-state index contributed by atoms with van der Waals surface area (Å²) in [6.45, 7) is 2.06. The first kappa shape index (κ1) is 27.5. The van der Waals surface area contributed by atoms with E-state index in [9.17, 15) is 29.4 Å². The molecule has 0 saturated carbocycles. The number of nitrogens with one attached hydrogen (secondary N) is 4. The molecule has 0 atom stereocenters. The zero-order valence-corrected chi connectivity index (χ0v) is 21.1. The Labute approximate surface area is 221 Å². The normalized spacial score (nSPS) is 13.2. The predicted octanol–water partition coefficient (Wildman–Crippen LogP) is 3.23. The van der Waals surface area contributed by atoms with Gasteiger partial charge >= 0.3 is 0 Å². The number of nitrogens with zero attached hydrogens (tertiary/aromatic N) is 2. The highest BCUT2D eigenvalue weighted by atomic mass is 35.5. The Balaban J connectivity index is 1.69. The maximum atomic E-state index is 12.8. The first-order chi connectivity index (χ1) is 17.4. The second-order valence-corrected chi connectivity index (χ2v) is 8.96. The van der Waals surface area contributed by atoms with Crippen molar-refractivity contribution in [2.75, 3.05) is 34.4 Å². The average molecular weight is 550 g/mol. The lowest BCUT2D eigenvalue weighted by molar-refractivity contribution is -0.760. The number of aromatic hydroxyl groups is 2. The van der Waals surface area contributed by atoms with Gasteiger partial charge < -0.3 is 31.5 Å². The molecule has 0 saturated heterocycles. The van der Waals surface area contributed by atoms with E-state index in [1.165, 1.54) is 50.7 Å². The molecular weight excluding hydrogens is 527 g/mol. The van der Waals surface area contributed by atoms with Gasteiger partial charge in [-0.05, 0) is 12.1 Å². The maximum Gasteiger partial charge on any atom is 0.280 e. The first-order valence-corrected chi connectivity index (χ1v) is 11.4. The third-order valence-corrected chi connectivity index (χ3v) is 5.53. The molecule has 12 nitrogen and oxygen atoms in total. The summed E-state index contributed by atoms with van der Waals surface area (Å²) >= 11 is 12.2. The lowest BCUT2D eigenvalue weighted by Crippen LogP contribution is -2.50. The van der Waals surface area contributed by atoms with Crippen molar-refractivity contribution in [1.29, 1.82) is 0 Å². The fourth-order valence-electron chi connectivity index (χ4n) is 3.49. The second kappa shape index (κ2) is 11.3. The molecular formula is C23H23Cl2N6O6+. The summed E-state index contributed by atoms with van der Waals surface area (Å²) in [7, 11) is 0. The van der Waals surface area contributed by atoms with E-state index in [1.54, 1.807) is 6.20 Å². The minimum Gasteiger partial charge on any atom is -0.506 e. The third-order valence-electron chi connectivity index (χ3n) is 4.93. The number of carbonyl (C=O) groups is 4. The number of halogens is 2. The van der Waals surface area contributed by atoms with Gasteiger partial charge in [0.25, 0.3) is 11.8 Å². The minimum absolute atomic E-state index is 0.0122. The van der Waals surface area contributed by atoms with E-state index < -0.39 is 23.6 Å². The van der Waals surface area contributed by atoms with E-state index in [4.69, 9.17) is 23.2 Å². The van der Waals surface area contributed by atoms with Gasteiger partial charge in [0.15, 0.2) is 19.4 Å². The number of phenolic OH excluding ortho intramolecular Hbond substituents is 2. The van der Waals surface area contributed by atoms with Gasteiger partial charge in [-0.25, -0.2) is 9.48 Å². The molecule has 1 aliphatic heterocycles. The molecule has 0 unspecified atom stereocenters. The molecule has 0 aromatic heterocycles. The smallest absolute Gasteiger partial charge is 0.280 e. The monoisotopic (exact) mass is 549 g/mol. The van der Waals surface area contributed by atoms with Crippen molar-refractivity contribution in [3.05, 3.63) is 46.7 Å². The van der Waals surface area contributed by atoms with Gasteiger partial charge in [0.2, 0.25) is 11.8 Å². The summed E-state index contributed by atoms with van der Waals surface area (Å²) in [4.78, 5) is 52.1. The van der Waals surface area contributed by atoms with Gasteiger partial charge in [0.05, 0.1) is 16.2 Å². The SMILES string of the molecule is CC(=O)Nc1c(O)cc(NC(=O)C[N+]2(CC(=O)Nc3cc(O)c(NC(C)=O)c(Cl)c3)C=CN=C2)cc1Cl. The van der Waals surface area contributed by atoms with Gasteiger partial charge in [-0.15, -0.1) is 0 Å². The molecule has 3 rings (SSSR count). The summed E-state index contributed by atoms with van der Waals surface area (Å²) in [6.07, 6.45) is 4.40. The highest BCUT2D eigenvalue weighted by Crippen LogP contribution is 2.36. The third kappa shape index (κ3) is 7.19. The highest BCUT2D eigenvalue weighted by Gasteiger charge is 2.33. The molecule has 0 aliphatic carbocycles. The van der Waals surface area contributed by atoms with Crippen molar-refractivity contribution in [3.8, 4) is 11.5 Å². The molecule has 0 fully saturated rings. The van der Waals surface area contributed by atoms with Crippen LogP contribution >= 0.6 is 23.2 Å². The first-order valence-electron chi connectivity index (χ1n) is 10.7. The number of carbonyl (C=O) groups excluding carboxylic acids is 4. The summed E-state index contributed by atoms with van der Waals surface area (Å²) in [5, 5.41) is 30.3. The number of rotatable bonds is 8. The summed E-state index contributed by atoms with van der Waals surface area (Å²) < 4.78 is -0.259. The molecule has 37 heavy (non-hydrogen) atoms. The van der Waals surface area contributed by atoms with Crippen LogP contribution in [0.25, 0.3) is 0 Å². The number of aliphatic imine (C=N–C) groups is 1. The molecule has 4 amide bonds. The summed E-state index contributed by atoms with van der Waals surface area (Å²) in [6, 6.07) is 5.16. The number of phenols is 2. The van der Waals surface area contributed by atoms with E-state index in [0.717, 1.165) is 0 Å². The standard InChI is InChI=1S/C23H22Cl2N6O6/c1-12(32)27-22-16(24)5-14(7-18(22)34)29-20(36)9-31(4-3-26-11-31)10-21(37)30-15-6-17(25)23(19(35)8-15)28-13(2)33/h3-8,11H,9-10H2,1-2H3,(H5-,27,28,29,30,32,33,34,35,36,37)/p+1. The minimum atomic E-state index is -0.520. The largest absolute Gasteiger partial charge is 0.506 e. The number of quaternary nitrogens is 1. The Kier molecular flexibility index (Phi) is 8.38. The van der Waals surface area contributed by atoms with Crippen LogP contribution in [-0.4, -0.2) is 57.8 Å². The molecule has 6 N–H and O–H groups in total. The van der Waals surface area contributed by atoms with Crippen LogP contribution in [0.4, 0.5) is 22.7 Å². The van der Waals surface area contributed by atoms with Gasteiger partial charge in [-0.3, -0.25) is 19.2 Å². The van der Waals surface area contributed by atoms with Crippen molar-refractivity contribution in [1.82, 2.24) is 0 Å². The Morgan fingerprint density at radius 1 is 0.784 bits per heavy atom. The molecule has 1 aliphatic rings. The number of amides is 4. The number of anilines is 4. The van der Waals surface area contributed by atoms with E-state index in [1.807, 2.05) is 0 Å². The van der Waals surface area contributed by atoms with Crippen molar-refractivity contribution >= 4 is 75.9 Å². The van der Waals surface area contributed by atoms with Gasteiger partial charge in [0, 0.05) is 37.4 Å². The molecule has 0 bridgehead atoms. The van der Waals surface area contributed by atoms with Crippen LogP contribution in [0.3, 0.4) is 0 Å². The van der Waals surface area contributed by atoms with E-state index in [0.29, 0.717) is 0 Å². The van der Waals surface area contributed by atoms with Gasteiger partial charge in [-0.1, -0.05) is 23.2 Å². The van der Waals surface area contributed by atoms with Gasteiger partial charge in [-0.2, -0.15) is 0 Å². The molecule has 194 valence electrons. The summed E-state index contributed by atoms with van der Waals surface area (Å²) in [5.41, 5.74) is 0.374. The quantitative estimate of drug-likeness (QED) is 0.218. The van der Waals surface area contributed by atoms with Crippen molar-refractivity contribution in [3.63, 3.8) is 0 Å². The average Bonchev–Trinajstić information content (AvgIpc) is 3.20. The van der Waals surface area contributed by atoms with Crippen LogP contribution < -0.4 is 21.3 Å². The zero-order valence-electron chi connectivity index (χ0n) is 19.6. The topological polar surface area (TPSA) is 169 Å². The fourth-order valence-corrected chi connectivity index (χ4v) is 4.01. The lowest BCUT2D eigenvalue weighted by Gasteiger charge is -2.26. The Bertz CT molecular complexity index is 1200. The Morgan fingerprint density at radius 3 is 1.54 bits per heavy atom. The van der Waals surface area contributed by atoms with Crippen LogP contribution in [0.1, 0.15) is 13.8 Å². The number of benzene rings is 2. The van der Waals surface area contributed by atoms with Crippen molar-refractivity contribution in [2.24, 2.45) is 4.99 Å². The Hall–Kier alpha value is -4.13. The predicted molar refractivity (Wildman–Crippen MR) is 140 cm³/mol. The lowest BCUT2D eigenvalue weighted by atomic mass is 10.2. The van der Waals surface area contributed by atoms with Crippen LogP contribution in [0.5, 0.6) is 11.5 Å². The van der Waals surface area contributed by atoms with Crippen LogP contribution in [0.2, 0.25) is 10.0 Å². The number of hydrogen-bond donors (Lipinski definition) is 6. The van der Waals surface area contributed by atoms with E-state index >= 15 is 0 Å². The molecule has 14 heteroatoms. The summed E-state index contributed by atoms with van der Waals surface area (Å²) in [5.74, 6) is -2.58. The fraction of sp³-hybridized carbons (Fsp3) is 0.174. The van der Waals surface area contributed by atoms with Crippen LogP contribution in [-0.2, 0) is 19.2 Å². The van der Waals surface area contributed by atoms with Crippen molar-refractivity contribution < 1.29 is 33.9 Å². The molecule has 0 spiro atoms. The van der Waals surface area contributed by atoms with Crippen molar-refractivity contribution in [2.45, 2.75) is 13.8 Å². The molecule has 1 heterocycles. The zero-order chi connectivity index (χ0) is 27.3. The number of hydrogen-bond acceptors (Lipinski definition) is 7. The van der Waals surface area contributed by atoms with Crippen LogP contribution in [0, 0.1) is 0 Å². The molecule has 0 radical (unpaired) electrons. The van der Waals surface area contributed by atoms with Gasteiger partial charge in [0.1, 0.15) is 29.1 Å². The maximum absolute atomic E-state index is 12.8. The van der Waals surface area contributed by atoms with Crippen LogP contribution in [0.15, 0.2) is 41.7 Å². The molecule has 2 aromatic rings. The van der Waals surface area contributed by atoms with E-state index in [-0.39, 0.29) is 61.9 Å². The Morgan fingerprint density at radius 2 is 1.22 bits per heavy atom. The highest BCUT2D eigenvalue weighted by molar-refractivity contribution is 6.35. The molecule has 2 aromatic carbocycles. The second-order valence-electron chi connectivity index (χ2n) is 8.15.